The first-order chi connectivity index (χ1) is 4.33. The summed E-state index contributed by atoms with van der Waals surface area (Å²) in [6.07, 6.45) is 1.89. The zero-order valence-corrected chi connectivity index (χ0v) is 5.30. The molecular formula is C7H10O2. The Morgan fingerprint density at radius 2 is 2.56 bits per heavy atom. The summed E-state index contributed by atoms with van der Waals surface area (Å²) in [5, 5.41) is 0. The van der Waals surface area contributed by atoms with Crippen molar-refractivity contribution in [2.24, 2.45) is 0 Å². The van der Waals surface area contributed by atoms with Crippen molar-refractivity contribution in [1.82, 2.24) is 0 Å². The van der Waals surface area contributed by atoms with Gasteiger partial charge in [-0.2, -0.15) is 0 Å². The molecule has 0 spiro atoms. The molecule has 0 aromatic heterocycles. The van der Waals surface area contributed by atoms with Gasteiger partial charge in [0.25, 0.3) is 0 Å². The second kappa shape index (κ2) is 2.69. The maximum absolute atomic E-state index is 5.08. The van der Waals surface area contributed by atoms with Crippen LogP contribution in [-0.2, 0) is 9.47 Å². The van der Waals surface area contributed by atoms with Gasteiger partial charge < -0.3 is 9.47 Å². The fraction of sp³-hybridized carbons (Fsp3) is 0.429. The summed E-state index contributed by atoms with van der Waals surface area (Å²) in [7, 11) is 0. The second-order valence-corrected chi connectivity index (χ2v) is 1.94. The number of epoxide rings is 1. The van der Waals surface area contributed by atoms with Gasteiger partial charge in [0.1, 0.15) is 18.5 Å². The van der Waals surface area contributed by atoms with E-state index in [2.05, 4.69) is 13.2 Å². The van der Waals surface area contributed by atoms with Gasteiger partial charge in [-0.3, -0.25) is 0 Å². The number of allylic oxidation sites excluding steroid dienone is 1. The van der Waals surface area contributed by atoms with E-state index in [1.807, 2.05) is 0 Å². The Kier molecular flexibility index (Phi) is 1.90. The molecule has 1 atom stereocenters. The van der Waals surface area contributed by atoms with Gasteiger partial charge >= 0.3 is 0 Å². The van der Waals surface area contributed by atoms with E-state index in [-0.39, 0.29) is 0 Å². The van der Waals surface area contributed by atoms with Crippen LogP contribution in [-0.4, -0.2) is 19.3 Å². The molecule has 1 rings (SSSR count). The minimum absolute atomic E-state index is 0.307. The predicted molar refractivity (Wildman–Crippen MR) is 35.0 cm³/mol. The lowest BCUT2D eigenvalue weighted by molar-refractivity contribution is 0.194. The molecule has 2 nitrogen and oxygen atoms in total. The van der Waals surface area contributed by atoms with Crippen molar-refractivity contribution < 1.29 is 9.47 Å². The van der Waals surface area contributed by atoms with E-state index in [0.29, 0.717) is 18.5 Å². The van der Waals surface area contributed by atoms with E-state index in [9.17, 15) is 0 Å². The highest BCUT2D eigenvalue weighted by Gasteiger charge is 2.22. The standard InChI is InChI=1S/C7H10O2/c1-3-6(2)8-4-7-5-9-7/h3,7H,1-2,4-5H2. The predicted octanol–water partition coefficient (Wildman–Crippen LogP) is 1.10. The van der Waals surface area contributed by atoms with Crippen molar-refractivity contribution in [2.75, 3.05) is 13.2 Å². The van der Waals surface area contributed by atoms with Gasteiger partial charge in [0.2, 0.25) is 0 Å². The second-order valence-electron chi connectivity index (χ2n) is 1.94. The molecule has 0 bridgehead atoms. The zero-order chi connectivity index (χ0) is 6.69. The molecule has 2 heteroatoms. The Balaban J connectivity index is 2.02. The highest BCUT2D eigenvalue weighted by Crippen LogP contribution is 2.10. The summed E-state index contributed by atoms with van der Waals surface area (Å²) in [6, 6.07) is 0. The van der Waals surface area contributed by atoms with Crippen molar-refractivity contribution in [2.45, 2.75) is 6.10 Å². The van der Waals surface area contributed by atoms with Crippen LogP contribution < -0.4 is 0 Å². The minimum Gasteiger partial charge on any atom is -0.491 e. The molecule has 1 heterocycles. The third-order valence-electron chi connectivity index (χ3n) is 1.08. The molecule has 0 aromatic rings. The quantitative estimate of drug-likeness (QED) is 0.319. The molecular weight excluding hydrogens is 116 g/mol. The van der Waals surface area contributed by atoms with Crippen LogP contribution in [0, 0.1) is 0 Å². The molecule has 1 aliphatic rings. The molecule has 50 valence electrons. The van der Waals surface area contributed by atoms with Crippen LogP contribution in [0.1, 0.15) is 0 Å². The molecule has 0 radical (unpaired) electrons. The lowest BCUT2D eigenvalue weighted by atomic mass is 10.5. The Morgan fingerprint density at radius 1 is 1.89 bits per heavy atom. The number of hydrogen-bond donors (Lipinski definition) is 0. The molecule has 0 aliphatic carbocycles. The highest BCUT2D eigenvalue weighted by atomic mass is 16.6. The normalized spacial score (nSPS) is 22.9. The van der Waals surface area contributed by atoms with Gasteiger partial charge in [-0.25, -0.2) is 0 Å². The van der Waals surface area contributed by atoms with Crippen LogP contribution in [0.2, 0.25) is 0 Å². The summed E-state index contributed by atoms with van der Waals surface area (Å²) in [6.45, 7) is 8.51. The van der Waals surface area contributed by atoms with E-state index in [1.54, 1.807) is 6.08 Å². The SMILES string of the molecule is C=CC(=C)OCC1CO1. The summed E-state index contributed by atoms with van der Waals surface area (Å²) >= 11 is 0. The fourth-order valence-electron chi connectivity index (χ4n) is 0.423. The van der Waals surface area contributed by atoms with Crippen LogP contribution >= 0.6 is 0 Å². The van der Waals surface area contributed by atoms with Crippen LogP contribution in [0.3, 0.4) is 0 Å². The molecule has 0 amide bonds. The van der Waals surface area contributed by atoms with Gasteiger partial charge in [-0.1, -0.05) is 13.2 Å². The Bertz CT molecular complexity index is 125. The van der Waals surface area contributed by atoms with Gasteiger partial charge in [0, 0.05) is 0 Å². The molecule has 0 N–H and O–H groups in total. The first-order valence-corrected chi connectivity index (χ1v) is 2.88. The molecule has 1 unspecified atom stereocenters. The summed E-state index contributed by atoms with van der Waals surface area (Å²) < 4.78 is 9.98. The third kappa shape index (κ3) is 2.33. The lowest BCUT2D eigenvalue weighted by Crippen LogP contribution is -1.98. The molecule has 9 heavy (non-hydrogen) atoms. The molecule has 1 fully saturated rings. The Morgan fingerprint density at radius 3 is 3.00 bits per heavy atom. The Labute approximate surface area is 54.8 Å². The monoisotopic (exact) mass is 126 g/mol. The Hall–Kier alpha value is -0.760. The van der Waals surface area contributed by atoms with Gasteiger partial charge in [-0.05, 0) is 6.08 Å². The smallest absolute Gasteiger partial charge is 0.117 e. The maximum atomic E-state index is 5.08. The van der Waals surface area contributed by atoms with Crippen molar-refractivity contribution in [3.05, 3.63) is 25.0 Å². The van der Waals surface area contributed by atoms with Crippen molar-refractivity contribution >= 4 is 0 Å². The highest BCUT2D eigenvalue weighted by molar-refractivity contribution is 5.02. The topological polar surface area (TPSA) is 21.8 Å². The number of hydrogen-bond acceptors (Lipinski definition) is 2. The molecule has 1 saturated heterocycles. The van der Waals surface area contributed by atoms with E-state index >= 15 is 0 Å². The van der Waals surface area contributed by atoms with Crippen molar-refractivity contribution in [3.8, 4) is 0 Å². The van der Waals surface area contributed by atoms with Crippen LogP contribution in [0.25, 0.3) is 0 Å². The molecule has 0 aromatic carbocycles. The summed E-state index contributed by atoms with van der Waals surface area (Å²) in [5.74, 6) is 0.616. The third-order valence-corrected chi connectivity index (χ3v) is 1.08. The van der Waals surface area contributed by atoms with Gasteiger partial charge in [-0.15, -0.1) is 0 Å². The molecule has 1 aliphatic heterocycles. The van der Waals surface area contributed by atoms with E-state index in [4.69, 9.17) is 9.47 Å². The fourth-order valence-corrected chi connectivity index (χ4v) is 0.423. The first-order valence-electron chi connectivity index (χ1n) is 2.88. The largest absolute Gasteiger partial charge is 0.491 e. The molecule has 0 saturated carbocycles. The van der Waals surface area contributed by atoms with Crippen molar-refractivity contribution in [1.29, 1.82) is 0 Å². The zero-order valence-electron chi connectivity index (χ0n) is 5.30. The van der Waals surface area contributed by atoms with E-state index in [0.717, 1.165) is 6.61 Å². The van der Waals surface area contributed by atoms with Crippen LogP contribution in [0.15, 0.2) is 25.0 Å². The lowest BCUT2D eigenvalue weighted by Gasteiger charge is -2.00. The van der Waals surface area contributed by atoms with E-state index in [1.165, 1.54) is 0 Å². The minimum atomic E-state index is 0.307. The average Bonchev–Trinajstić information content (AvgIpc) is 2.65. The van der Waals surface area contributed by atoms with Crippen LogP contribution in [0.4, 0.5) is 0 Å². The number of ether oxygens (including phenoxy) is 2. The van der Waals surface area contributed by atoms with E-state index < -0.39 is 0 Å². The van der Waals surface area contributed by atoms with Gasteiger partial charge in [0.05, 0.1) is 6.61 Å². The summed E-state index contributed by atoms with van der Waals surface area (Å²) in [5.41, 5.74) is 0. The first kappa shape index (κ1) is 6.36. The summed E-state index contributed by atoms with van der Waals surface area (Å²) in [4.78, 5) is 0. The maximum Gasteiger partial charge on any atom is 0.117 e. The average molecular weight is 126 g/mol. The van der Waals surface area contributed by atoms with Gasteiger partial charge in [0.15, 0.2) is 0 Å². The van der Waals surface area contributed by atoms with Crippen molar-refractivity contribution in [3.63, 3.8) is 0 Å². The van der Waals surface area contributed by atoms with Crippen LogP contribution in [0.5, 0.6) is 0 Å². The number of rotatable bonds is 4.